The number of carbonyl (C=O) groups excluding carboxylic acids is 1. The summed E-state index contributed by atoms with van der Waals surface area (Å²) in [5.41, 5.74) is 1.96. The molecular weight excluding hydrogens is 326 g/mol. The summed E-state index contributed by atoms with van der Waals surface area (Å²) in [7, 11) is 3.24. The van der Waals surface area contributed by atoms with E-state index in [0.29, 0.717) is 24.4 Å². The average Bonchev–Trinajstić information content (AvgIpc) is 2.61. The molecule has 0 radical (unpaired) electrons. The van der Waals surface area contributed by atoms with Gasteiger partial charge in [0.05, 0.1) is 7.11 Å². The monoisotopic (exact) mass is 347 g/mol. The third-order valence-electron chi connectivity index (χ3n) is 3.78. The number of rotatable bonds is 8. The lowest BCUT2D eigenvalue weighted by atomic mass is 10.1. The standard InChI is InChI=1S/C19H22ClNO3/c1-23-17-9-4-3-8-16(17)18(24-2)13-21-19(22)11-10-14-6-5-7-15(20)12-14/h3-9,12,18H,10-11,13H2,1-2H3,(H,21,22)/t18-/m0/s1. The Kier molecular flexibility index (Phi) is 7.09. The lowest BCUT2D eigenvalue weighted by molar-refractivity contribution is -0.121. The van der Waals surface area contributed by atoms with E-state index in [2.05, 4.69) is 5.32 Å². The van der Waals surface area contributed by atoms with Gasteiger partial charge in [-0.2, -0.15) is 0 Å². The predicted octanol–water partition coefficient (Wildman–Crippen LogP) is 3.79. The molecule has 0 bridgehead atoms. The molecule has 0 unspecified atom stereocenters. The molecule has 5 heteroatoms. The topological polar surface area (TPSA) is 47.6 Å². The molecule has 0 spiro atoms. The Hall–Kier alpha value is -2.04. The van der Waals surface area contributed by atoms with Gasteiger partial charge in [0.15, 0.2) is 0 Å². The van der Waals surface area contributed by atoms with Gasteiger partial charge < -0.3 is 14.8 Å². The quantitative estimate of drug-likeness (QED) is 0.790. The van der Waals surface area contributed by atoms with Gasteiger partial charge in [-0.15, -0.1) is 0 Å². The van der Waals surface area contributed by atoms with Gasteiger partial charge in [0.1, 0.15) is 11.9 Å². The summed E-state index contributed by atoms with van der Waals surface area (Å²) >= 11 is 5.95. The van der Waals surface area contributed by atoms with Crippen LogP contribution in [0.1, 0.15) is 23.7 Å². The number of benzene rings is 2. The number of amides is 1. The highest BCUT2D eigenvalue weighted by Crippen LogP contribution is 2.26. The number of para-hydroxylation sites is 1. The molecule has 0 aliphatic rings. The second-order valence-corrected chi connectivity index (χ2v) is 5.84. The van der Waals surface area contributed by atoms with E-state index in [-0.39, 0.29) is 12.0 Å². The van der Waals surface area contributed by atoms with Gasteiger partial charge in [0.2, 0.25) is 5.91 Å². The number of hydrogen-bond donors (Lipinski definition) is 1. The lowest BCUT2D eigenvalue weighted by Gasteiger charge is -2.19. The van der Waals surface area contributed by atoms with Gasteiger partial charge in [-0.1, -0.05) is 41.9 Å². The number of halogens is 1. The molecule has 1 N–H and O–H groups in total. The molecule has 1 atom stereocenters. The number of aryl methyl sites for hydroxylation is 1. The smallest absolute Gasteiger partial charge is 0.220 e. The van der Waals surface area contributed by atoms with Crippen molar-refractivity contribution >= 4 is 17.5 Å². The maximum Gasteiger partial charge on any atom is 0.220 e. The van der Waals surface area contributed by atoms with E-state index in [0.717, 1.165) is 16.9 Å². The summed E-state index contributed by atoms with van der Waals surface area (Å²) in [6.45, 7) is 0.394. The first-order valence-corrected chi connectivity index (χ1v) is 8.18. The van der Waals surface area contributed by atoms with Gasteiger partial charge in [0.25, 0.3) is 0 Å². The van der Waals surface area contributed by atoms with Crippen LogP contribution >= 0.6 is 11.6 Å². The third-order valence-corrected chi connectivity index (χ3v) is 4.02. The zero-order chi connectivity index (χ0) is 17.4. The summed E-state index contributed by atoms with van der Waals surface area (Å²) in [4.78, 5) is 12.1. The third kappa shape index (κ3) is 5.25. The Balaban J connectivity index is 1.87. The number of hydrogen-bond acceptors (Lipinski definition) is 3. The first kappa shape index (κ1) is 18.3. The van der Waals surface area contributed by atoms with Crippen LogP contribution in [0.2, 0.25) is 5.02 Å². The Morgan fingerprint density at radius 2 is 1.96 bits per heavy atom. The van der Waals surface area contributed by atoms with E-state index in [4.69, 9.17) is 21.1 Å². The Morgan fingerprint density at radius 1 is 1.17 bits per heavy atom. The van der Waals surface area contributed by atoms with Crippen molar-refractivity contribution < 1.29 is 14.3 Å². The molecule has 1 amide bonds. The van der Waals surface area contributed by atoms with E-state index in [9.17, 15) is 4.79 Å². The first-order chi connectivity index (χ1) is 11.6. The minimum atomic E-state index is -0.253. The van der Waals surface area contributed by atoms with Crippen LogP contribution < -0.4 is 10.1 Å². The largest absolute Gasteiger partial charge is 0.496 e. The summed E-state index contributed by atoms with van der Waals surface area (Å²) in [6.07, 6.45) is 0.803. The van der Waals surface area contributed by atoms with E-state index in [1.807, 2.05) is 48.5 Å². The van der Waals surface area contributed by atoms with Gasteiger partial charge >= 0.3 is 0 Å². The molecular formula is C19H22ClNO3. The highest BCUT2D eigenvalue weighted by Gasteiger charge is 2.16. The van der Waals surface area contributed by atoms with Crippen LogP contribution in [0, 0.1) is 0 Å². The maximum atomic E-state index is 12.1. The van der Waals surface area contributed by atoms with Crippen molar-refractivity contribution in [3.05, 3.63) is 64.7 Å². The second-order valence-electron chi connectivity index (χ2n) is 5.40. The molecule has 2 rings (SSSR count). The second kappa shape index (κ2) is 9.30. The highest BCUT2D eigenvalue weighted by molar-refractivity contribution is 6.30. The molecule has 24 heavy (non-hydrogen) atoms. The average molecular weight is 348 g/mol. The number of ether oxygens (including phenoxy) is 2. The van der Waals surface area contributed by atoms with Crippen molar-refractivity contribution in [3.8, 4) is 5.75 Å². The SMILES string of the molecule is COc1ccccc1[C@H](CNC(=O)CCc1cccc(Cl)c1)OC. The molecule has 0 saturated heterocycles. The molecule has 0 aliphatic heterocycles. The Labute approximate surface area is 147 Å². The van der Waals surface area contributed by atoms with Crippen molar-refractivity contribution in [2.45, 2.75) is 18.9 Å². The predicted molar refractivity (Wildman–Crippen MR) is 95.5 cm³/mol. The van der Waals surface area contributed by atoms with Crippen LogP contribution in [-0.2, 0) is 16.0 Å². The minimum absolute atomic E-state index is 0.0214. The molecule has 128 valence electrons. The number of nitrogens with one attached hydrogen (secondary N) is 1. The Morgan fingerprint density at radius 3 is 2.67 bits per heavy atom. The zero-order valence-electron chi connectivity index (χ0n) is 13.9. The normalized spacial score (nSPS) is 11.8. The van der Waals surface area contributed by atoms with E-state index in [1.54, 1.807) is 14.2 Å². The fourth-order valence-corrected chi connectivity index (χ4v) is 2.71. The van der Waals surface area contributed by atoms with E-state index < -0.39 is 0 Å². The minimum Gasteiger partial charge on any atom is -0.496 e. The van der Waals surface area contributed by atoms with Crippen molar-refractivity contribution in [3.63, 3.8) is 0 Å². The maximum absolute atomic E-state index is 12.1. The molecule has 2 aromatic rings. The van der Waals surface area contributed by atoms with Crippen LogP contribution in [-0.4, -0.2) is 26.7 Å². The van der Waals surface area contributed by atoms with Crippen LogP contribution in [0.3, 0.4) is 0 Å². The van der Waals surface area contributed by atoms with Gasteiger partial charge in [0, 0.05) is 30.7 Å². The van der Waals surface area contributed by atoms with Crippen LogP contribution in [0.5, 0.6) is 5.75 Å². The fourth-order valence-electron chi connectivity index (χ4n) is 2.50. The zero-order valence-corrected chi connectivity index (χ0v) is 14.7. The van der Waals surface area contributed by atoms with Crippen LogP contribution in [0.25, 0.3) is 0 Å². The molecule has 2 aromatic carbocycles. The summed E-state index contributed by atoms with van der Waals surface area (Å²) in [5, 5.41) is 3.60. The van der Waals surface area contributed by atoms with Crippen molar-refractivity contribution in [2.24, 2.45) is 0 Å². The molecule has 0 fully saturated rings. The fraction of sp³-hybridized carbons (Fsp3) is 0.316. The lowest BCUT2D eigenvalue weighted by Crippen LogP contribution is -2.29. The van der Waals surface area contributed by atoms with E-state index in [1.165, 1.54) is 0 Å². The highest BCUT2D eigenvalue weighted by atomic mass is 35.5. The van der Waals surface area contributed by atoms with Crippen molar-refractivity contribution in [2.75, 3.05) is 20.8 Å². The molecule has 4 nitrogen and oxygen atoms in total. The summed E-state index contributed by atoms with van der Waals surface area (Å²) < 4.78 is 10.8. The van der Waals surface area contributed by atoms with Crippen LogP contribution in [0.4, 0.5) is 0 Å². The van der Waals surface area contributed by atoms with Gasteiger partial charge in [-0.3, -0.25) is 4.79 Å². The van der Waals surface area contributed by atoms with Crippen molar-refractivity contribution in [1.82, 2.24) is 5.32 Å². The summed E-state index contributed by atoms with van der Waals surface area (Å²) in [6, 6.07) is 15.2. The van der Waals surface area contributed by atoms with E-state index >= 15 is 0 Å². The molecule has 0 saturated carbocycles. The molecule has 0 aromatic heterocycles. The van der Waals surface area contributed by atoms with Gasteiger partial charge in [-0.05, 0) is 30.2 Å². The van der Waals surface area contributed by atoms with Crippen molar-refractivity contribution in [1.29, 1.82) is 0 Å². The van der Waals surface area contributed by atoms with Crippen LogP contribution in [0.15, 0.2) is 48.5 Å². The summed E-state index contributed by atoms with van der Waals surface area (Å²) in [5.74, 6) is 0.726. The number of methoxy groups -OCH3 is 2. The first-order valence-electron chi connectivity index (χ1n) is 7.81. The molecule has 0 heterocycles. The Bertz CT molecular complexity index is 675. The number of carbonyl (C=O) groups is 1. The van der Waals surface area contributed by atoms with Gasteiger partial charge in [-0.25, -0.2) is 0 Å². The molecule has 0 aliphatic carbocycles.